The van der Waals surface area contributed by atoms with Crippen molar-refractivity contribution < 1.29 is 19.4 Å². The Morgan fingerprint density at radius 2 is 1.86 bits per heavy atom. The summed E-state index contributed by atoms with van der Waals surface area (Å²) in [4.78, 5) is 22.4. The first-order chi connectivity index (χ1) is 10.1. The van der Waals surface area contributed by atoms with Crippen molar-refractivity contribution >= 4 is 12.0 Å². The number of urea groups is 1. The molecule has 1 fully saturated rings. The number of aliphatic carboxylic acids is 1. The highest BCUT2D eigenvalue weighted by atomic mass is 16.5. The van der Waals surface area contributed by atoms with Crippen molar-refractivity contribution in [1.29, 1.82) is 0 Å². The molecule has 0 aromatic carbocycles. The van der Waals surface area contributed by atoms with E-state index < -0.39 is 5.97 Å². The molecule has 0 saturated heterocycles. The molecule has 0 atom stereocenters. The third kappa shape index (κ3) is 7.90. The molecule has 0 aliphatic heterocycles. The molecule has 1 saturated carbocycles. The van der Waals surface area contributed by atoms with Gasteiger partial charge in [-0.05, 0) is 38.0 Å². The zero-order valence-electron chi connectivity index (χ0n) is 12.9. The molecule has 0 unspecified atom stereocenters. The highest BCUT2D eigenvalue weighted by Gasteiger charge is 2.25. The van der Waals surface area contributed by atoms with E-state index in [0.717, 1.165) is 32.3 Å². The number of carbonyl (C=O) groups excluding carboxylic acids is 1. The average Bonchev–Trinajstić information content (AvgIpc) is 2.49. The summed E-state index contributed by atoms with van der Waals surface area (Å²) in [5.74, 6) is -0.496. The Balaban J connectivity index is 1.99. The van der Waals surface area contributed by atoms with E-state index in [4.69, 9.17) is 9.84 Å². The van der Waals surface area contributed by atoms with Crippen LogP contribution in [0.3, 0.4) is 0 Å². The highest BCUT2D eigenvalue weighted by Crippen LogP contribution is 2.28. The minimum Gasteiger partial charge on any atom is -0.481 e. The normalized spacial score (nSPS) is 21.8. The number of hydrogen-bond donors (Lipinski definition) is 3. The van der Waals surface area contributed by atoms with Crippen molar-refractivity contribution in [2.75, 3.05) is 26.3 Å². The minimum atomic E-state index is -0.692. The molecule has 0 spiro atoms. The molecule has 122 valence electrons. The van der Waals surface area contributed by atoms with Crippen molar-refractivity contribution in [3.8, 4) is 0 Å². The molecule has 1 aliphatic rings. The van der Waals surface area contributed by atoms with Crippen LogP contribution in [0.2, 0.25) is 0 Å². The molecule has 0 radical (unpaired) electrons. The summed E-state index contributed by atoms with van der Waals surface area (Å²) < 4.78 is 5.36. The van der Waals surface area contributed by atoms with E-state index in [2.05, 4.69) is 17.6 Å². The Hall–Kier alpha value is -1.30. The Bertz CT molecular complexity index is 315. The topological polar surface area (TPSA) is 87.7 Å². The van der Waals surface area contributed by atoms with Crippen LogP contribution in [0.15, 0.2) is 0 Å². The van der Waals surface area contributed by atoms with E-state index in [9.17, 15) is 9.59 Å². The molecule has 21 heavy (non-hydrogen) atoms. The van der Waals surface area contributed by atoms with Crippen LogP contribution in [0.4, 0.5) is 4.79 Å². The molecular weight excluding hydrogens is 272 g/mol. The van der Waals surface area contributed by atoms with Gasteiger partial charge in [-0.1, -0.05) is 13.3 Å². The number of rotatable bonds is 9. The quantitative estimate of drug-likeness (QED) is 0.568. The first-order valence-electron chi connectivity index (χ1n) is 7.95. The summed E-state index contributed by atoms with van der Waals surface area (Å²) in [7, 11) is 0. The lowest BCUT2D eigenvalue weighted by Gasteiger charge is -2.26. The standard InChI is InChI=1S/C15H28N2O4/c1-2-3-9-21-10-8-16-15(20)17-11-12-4-6-13(7-5-12)14(18)19/h12-13H,2-11H2,1H3,(H,18,19)(H2,16,17,20). The minimum absolute atomic E-state index is 0.172. The Kier molecular flexibility index (Phi) is 8.82. The van der Waals surface area contributed by atoms with Gasteiger partial charge < -0.3 is 20.5 Å². The predicted molar refractivity (Wildman–Crippen MR) is 80.2 cm³/mol. The van der Waals surface area contributed by atoms with Crippen molar-refractivity contribution in [3.63, 3.8) is 0 Å². The Morgan fingerprint density at radius 3 is 2.48 bits per heavy atom. The van der Waals surface area contributed by atoms with Crippen molar-refractivity contribution in [2.24, 2.45) is 11.8 Å². The van der Waals surface area contributed by atoms with Crippen LogP contribution < -0.4 is 10.6 Å². The fourth-order valence-electron chi connectivity index (χ4n) is 2.50. The Morgan fingerprint density at radius 1 is 1.14 bits per heavy atom. The van der Waals surface area contributed by atoms with E-state index in [1.165, 1.54) is 0 Å². The van der Waals surface area contributed by atoms with Crippen LogP contribution in [-0.2, 0) is 9.53 Å². The zero-order valence-corrected chi connectivity index (χ0v) is 12.9. The molecule has 6 nitrogen and oxygen atoms in total. The van der Waals surface area contributed by atoms with Crippen molar-refractivity contribution in [2.45, 2.75) is 45.4 Å². The SMILES string of the molecule is CCCCOCCNC(=O)NCC1CCC(C(=O)O)CC1. The summed E-state index contributed by atoms with van der Waals surface area (Å²) in [6.45, 7) is 4.53. The van der Waals surface area contributed by atoms with E-state index in [-0.39, 0.29) is 11.9 Å². The molecule has 3 N–H and O–H groups in total. The van der Waals surface area contributed by atoms with E-state index in [1.807, 2.05) is 0 Å². The average molecular weight is 300 g/mol. The lowest BCUT2D eigenvalue weighted by molar-refractivity contribution is -0.143. The van der Waals surface area contributed by atoms with Crippen LogP contribution in [0, 0.1) is 11.8 Å². The molecule has 2 amide bonds. The predicted octanol–water partition coefficient (Wildman–Crippen LogP) is 1.99. The number of ether oxygens (including phenoxy) is 1. The zero-order chi connectivity index (χ0) is 15.5. The largest absolute Gasteiger partial charge is 0.481 e. The van der Waals surface area contributed by atoms with Gasteiger partial charge in [0.2, 0.25) is 0 Å². The number of carboxylic acid groups (broad SMARTS) is 1. The van der Waals surface area contributed by atoms with Gasteiger partial charge in [0.1, 0.15) is 0 Å². The van der Waals surface area contributed by atoms with Gasteiger partial charge in [-0.25, -0.2) is 4.79 Å². The van der Waals surface area contributed by atoms with Crippen molar-refractivity contribution in [3.05, 3.63) is 0 Å². The molecule has 0 bridgehead atoms. The lowest BCUT2D eigenvalue weighted by Crippen LogP contribution is -2.40. The molecule has 0 aromatic heterocycles. The van der Waals surface area contributed by atoms with Gasteiger partial charge in [0.25, 0.3) is 0 Å². The maximum Gasteiger partial charge on any atom is 0.314 e. The third-order valence-electron chi connectivity index (χ3n) is 3.92. The Labute approximate surface area is 126 Å². The number of unbranched alkanes of at least 4 members (excludes halogenated alkanes) is 1. The number of carbonyl (C=O) groups is 2. The van der Waals surface area contributed by atoms with E-state index in [0.29, 0.717) is 38.5 Å². The highest BCUT2D eigenvalue weighted by molar-refractivity contribution is 5.73. The van der Waals surface area contributed by atoms with Gasteiger partial charge in [-0.3, -0.25) is 4.79 Å². The van der Waals surface area contributed by atoms with Gasteiger partial charge in [0, 0.05) is 19.7 Å². The summed E-state index contributed by atoms with van der Waals surface area (Å²) in [6.07, 6.45) is 5.33. The summed E-state index contributed by atoms with van der Waals surface area (Å²) in [5.41, 5.74) is 0. The van der Waals surface area contributed by atoms with Crippen LogP contribution in [0.5, 0.6) is 0 Å². The number of amides is 2. The summed E-state index contributed by atoms with van der Waals surface area (Å²) in [6, 6.07) is -0.172. The molecular formula is C15H28N2O4. The maximum atomic E-state index is 11.6. The maximum absolute atomic E-state index is 11.6. The third-order valence-corrected chi connectivity index (χ3v) is 3.92. The van der Waals surface area contributed by atoms with Crippen LogP contribution in [-0.4, -0.2) is 43.4 Å². The molecule has 0 aromatic rings. The van der Waals surface area contributed by atoms with E-state index in [1.54, 1.807) is 0 Å². The first kappa shape index (κ1) is 17.8. The van der Waals surface area contributed by atoms with Crippen LogP contribution in [0.25, 0.3) is 0 Å². The van der Waals surface area contributed by atoms with Gasteiger partial charge >= 0.3 is 12.0 Å². The van der Waals surface area contributed by atoms with Gasteiger partial charge in [-0.2, -0.15) is 0 Å². The smallest absolute Gasteiger partial charge is 0.314 e. The summed E-state index contributed by atoms with van der Waals surface area (Å²) >= 11 is 0. The van der Waals surface area contributed by atoms with Crippen molar-refractivity contribution in [1.82, 2.24) is 10.6 Å². The number of hydrogen-bond acceptors (Lipinski definition) is 3. The monoisotopic (exact) mass is 300 g/mol. The van der Waals surface area contributed by atoms with E-state index >= 15 is 0 Å². The van der Waals surface area contributed by atoms with Gasteiger partial charge in [0.15, 0.2) is 0 Å². The fraction of sp³-hybridized carbons (Fsp3) is 0.867. The van der Waals surface area contributed by atoms with Gasteiger partial charge in [0.05, 0.1) is 12.5 Å². The molecule has 0 heterocycles. The van der Waals surface area contributed by atoms with Crippen LogP contribution >= 0.6 is 0 Å². The first-order valence-corrected chi connectivity index (χ1v) is 7.95. The number of nitrogens with one attached hydrogen (secondary N) is 2. The fourth-order valence-corrected chi connectivity index (χ4v) is 2.50. The molecule has 6 heteroatoms. The lowest BCUT2D eigenvalue weighted by atomic mass is 9.82. The number of carboxylic acids is 1. The second-order valence-corrected chi connectivity index (χ2v) is 5.66. The molecule has 1 aliphatic carbocycles. The van der Waals surface area contributed by atoms with Crippen LogP contribution in [0.1, 0.15) is 45.4 Å². The molecule has 1 rings (SSSR count). The second kappa shape index (κ2) is 10.4. The summed E-state index contributed by atoms with van der Waals surface area (Å²) in [5, 5.41) is 14.5. The van der Waals surface area contributed by atoms with Gasteiger partial charge in [-0.15, -0.1) is 0 Å². The second-order valence-electron chi connectivity index (χ2n) is 5.66.